The van der Waals surface area contributed by atoms with E-state index in [1.165, 1.54) is 0 Å². The fourth-order valence-electron chi connectivity index (χ4n) is 5.55. The highest BCUT2D eigenvalue weighted by Gasteiger charge is 2.25. The highest BCUT2D eigenvalue weighted by Crippen LogP contribution is 2.34. The van der Waals surface area contributed by atoms with Gasteiger partial charge in [0.15, 0.2) is 0 Å². The smallest absolute Gasteiger partial charge is 0.258 e. The maximum absolute atomic E-state index is 13.8. The molecule has 0 spiro atoms. The summed E-state index contributed by atoms with van der Waals surface area (Å²) in [5.41, 5.74) is 7.89. The summed E-state index contributed by atoms with van der Waals surface area (Å²) in [7, 11) is 0. The summed E-state index contributed by atoms with van der Waals surface area (Å²) >= 11 is 0. The standard InChI is InChI=1S/C36H32N4O2/c1-26-10-2-3-12-30(26)31-13-4-5-14-32(31)35(41)38-29-19-17-28(18-20-29)36(42)40-23-9-22-39(25-27-11-8-21-37-24-27)33-15-6-7-16-34(33)40/h2-8,10-21,24H,9,22-23,25H2,1H3,(H,38,41). The van der Waals surface area contributed by atoms with Crippen LogP contribution in [0.2, 0.25) is 0 Å². The average molecular weight is 553 g/mol. The lowest BCUT2D eigenvalue weighted by Gasteiger charge is -2.27. The topological polar surface area (TPSA) is 65.5 Å². The Bertz CT molecular complexity index is 1720. The predicted octanol–water partition coefficient (Wildman–Crippen LogP) is 7.37. The van der Waals surface area contributed by atoms with Crippen molar-refractivity contribution in [3.05, 3.63) is 144 Å². The van der Waals surface area contributed by atoms with Crippen molar-refractivity contribution in [1.29, 1.82) is 0 Å². The van der Waals surface area contributed by atoms with Crippen LogP contribution in [0.25, 0.3) is 11.1 Å². The van der Waals surface area contributed by atoms with E-state index in [0.717, 1.165) is 53.1 Å². The second kappa shape index (κ2) is 12.1. The molecule has 208 valence electrons. The molecular weight excluding hydrogens is 520 g/mol. The molecule has 6 heteroatoms. The summed E-state index contributed by atoms with van der Waals surface area (Å²) in [6.45, 7) is 4.23. The van der Waals surface area contributed by atoms with Gasteiger partial charge in [-0.05, 0) is 84.1 Å². The molecule has 0 saturated carbocycles. The zero-order valence-electron chi connectivity index (χ0n) is 23.5. The van der Waals surface area contributed by atoms with Gasteiger partial charge in [-0.1, -0.05) is 60.7 Å². The van der Waals surface area contributed by atoms with E-state index in [1.54, 1.807) is 30.5 Å². The quantitative estimate of drug-likeness (QED) is 0.239. The fraction of sp³-hybridized carbons (Fsp3) is 0.139. The number of carbonyl (C=O) groups excluding carboxylic acids is 2. The van der Waals surface area contributed by atoms with Crippen LogP contribution in [0.5, 0.6) is 0 Å². The van der Waals surface area contributed by atoms with E-state index in [1.807, 2.05) is 90.8 Å². The Morgan fingerprint density at radius 2 is 1.48 bits per heavy atom. The average Bonchev–Trinajstić information content (AvgIpc) is 3.21. The van der Waals surface area contributed by atoms with Crippen LogP contribution in [0.1, 0.15) is 38.3 Å². The van der Waals surface area contributed by atoms with Gasteiger partial charge in [0.25, 0.3) is 11.8 Å². The molecule has 0 unspecified atom stereocenters. The van der Waals surface area contributed by atoms with Crippen LogP contribution in [-0.4, -0.2) is 29.9 Å². The molecule has 6 rings (SSSR count). The summed E-state index contributed by atoms with van der Waals surface area (Å²) in [5.74, 6) is -0.253. The minimum absolute atomic E-state index is 0.0616. The monoisotopic (exact) mass is 552 g/mol. The molecule has 42 heavy (non-hydrogen) atoms. The first-order chi connectivity index (χ1) is 20.6. The van der Waals surface area contributed by atoms with Crippen molar-refractivity contribution in [3.63, 3.8) is 0 Å². The number of carbonyl (C=O) groups is 2. The number of aromatic nitrogens is 1. The maximum Gasteiger partial charge on any atom is 0.258 e. The highest BCUT2D eigenvalue weighted by molar-refractivity contribution is 6.10. The van der Waals surface area contributed by atoms with Crippen LogP contribution in [0.15, 0.2) is 122 Å². The largest absolute Gasteiger partial charge is 0.365 e. The van der Waals surface area contributed by atoms with E-state index >= 15 is 0 Å². The molecule has 1 N–H and O–H groups in total. The number of nitrogens with zero attached hydrogens (tertiary/aromatic N) is 3. The summed E-state index contributed by atoms with van der Waals surface area (Å²) in [5, 5.41) is 3.01. The lowest BCUT2D eigenvalue weighted by atomic mass is 9.95. The summed E-state index contributed by atoms with van der Waals surface area (Å²) in [6, 6.07) is 34.9. The van der Waals surface area contributed by atoms with E-state index in [0.29, 0.717) is 23.4 Å². The van der Waals surface area contributed by atoms with Crippen molar-refractivity contribution in [2.45, 2.75) is 19.9 Å². The number of anilines is 3. The Labute approximate surface area is 246 Å². The van der Waals surface area contributed by atoms with Crippen molar-refractivity contribution >= 4 is 28.9 Å². The molecule has 0 atom stereocenters. The lowest BCUT2D eigenvalue weighted by Crippen LogP contribution is -2.31. The lowest BCUT2D eigenvalue weighted by molar-refractivity contribution is 0.0986. The summed E-state index contributed by atoms with van der Waals surface area (Å²) in [6.07, 6.45) is 4.51. The number of pyridine rings is 1. The Hall–Kier alpha value is -5.23. The SMILES string of the molecule is Cc1ccccc1-c1ccccc1C(=O)Nc1ccc(C(=O)N2CCCN(Cc3cccnc3)c3ccccc32)cc1. The van der Waals surface area contributed by atoms with Gasteiger partial charge in [-0.25, -0.2) is 0 Å². The van der Waals surface area contributed by atoms with E-state index < -0.39 is 0 Å². The minimum Gasteiger partial charge on any atom is -0.365 e. The number of nitrogens with one attached hydrogen (secondary N) is 1. The van der Waals surface area contributed by atoms with E-state index in [4.69, 9.17) is 0 Å². The van der Waals surface area contributed by atoms with Gasteiger partial charge in [0.05, 0.1) is 11.4 Å². The van der Waals surface area contributed by atoms with Crippen molar-refractivity contribution in [3.8, 4) is 11.1 Å². The zero-order valence-corrected chi connectivity index (χ0v) is 23.5. The predicted molar refractivity (Wildman–Crippen MR) is 169 cm³/mol. The van der Waals surface area contributed by atoms with Crippen molar-refractivity contribution in [1.82, 2.24) is 4.98 Å². The number of rotatable bonds is 6. The minimum atomic E-state index is -0.192. The first-order valence-corrected chi connectivity index (χ1v) is 14.2. The molecule has 0 radical (unpaired) electrons. The van der Waals surface area contributed by atoms with Gasteiger partial charge in [-0.3, -0.25) is 14.6 Å². The van der Waals surface area contributed by atoms with Gasteiger partial charge in [0.2, 0.25) is 0 Å². The number of para-hydroxylation sites is 2. The van der Waals surface area contributed by atoms with Crippen LogP contribution in [0.3, 0.4) is 0 Å². The molecule has 2 heterocycles. The third-order valence-electron chi connectivity index (χ3n) is 7.66. The van der Waals surface area contributed by atoms with Crippen LogP contribution in [0.4, 0.5) is 17.1 Å². The zero-order chi connectivity index (χ0) is 28.9. The number of aryl methyl sites for hydroxylation is 1. The molecular formula is C36H32N4O2. The van der Waals surface area contributed by atoms with E-state index in [-0.39, 0.29) is 11.8 Å². The van der Waals surface area contributed by atoms with Crippen molar-refractivity contribution in [2.24, 2.45) is 0 Å². The van der Waals surface area contributed by atoms with Crippen LogP contribution >= 0.6 is 0 Å². The Morgan fingerprint density at radius 1 is 0.762 bits per heavy atom. The number of hydrogen-bond acceptors (Lipinski definition) is 4. The first-order valence-electron chi connectivity index (χ1n) is 14.2. The molecule has 5 aromatic rings. The Kier molecular flexibility index (Phi) is 7.77. The first kappa shape index (κ1) is 27.0. The van der Waals surface area contributed by atoms with Crippen molar-refractivity contribution in [2.75, 3.05) is 28.2 Å². The number of hydrogen-bond donors (Lipinski definition) is 1. The van der Waals surface area contributed by atoms with Gasteiger partial charge < -0.3 is 15.1 Å². The molecule has 6 nitrogen and oxygen atoms in total. The molecule has 1 aromatic heterocycles. The van der Waals surface area contributed by atoms with Gasteiger partial charge in [-0.2, -0.15) is 0 Å². The highest BCUT2D eigenvalue weighted by atomic mass is 16.2. The van der Waals surface area contributed by atoms with E-state index in [9.17, 15) is 9.59 Å². The van der Waals surface area contributed by atoms with Crippen molar-refractivity contribution < 1.29 is 9.59 Å². The Balaban J connectivity index is 1.20. The van der Waals surface area contributed by atoms with Gasteiger partial charge in [0.1, 0.15) is 0 Å². The third-order valence-corrected chi connectivity index (χ3v) is 7.66. The second-order valence-corrected chi connectivity index (χ2v) is 10.5. The number of fused-ring (bicyclic) bond motifs is 1. The van der Waals surface area contributed by atoms with Crippen LogP contribution in [0, 0.1) is 6.92 Å². The summed E-state index contributed by atoms with van der Waals surface area (Å²) in [4.78, 5) is 35.5. The van der Waals surface area contributed by atoms with Gasteiger partial charge in [-0.15, -0.1) is 0 Å². The second-order valence-electron chi connectivity index (χ2n) is 10.5. The molecule has 0 fully saturated rings. The maximum atomic E-state index is 13.8. The molecule has 0 bridgehead atoms. The molecule has 0 aliphatic carbocycles. The molecule has 1 aliphatic heterocycles. The number of amides is 2. The molecule has 4 aromatic carbocycles. The molecule has 1 aliphatic rings. The van der Waals surface area contributed by atoms with Crippen LogP contribution < -0.4 is 15.1 Å². The van der Waals surface area contributed by atoms with Crippen LogP contribution in [-0.2, 0) is 6.54 Å². The van der Waals surface area contributed by atoms with Gasteiger partial charge >= 0.3 is 0 Å². The number of benzene rings is 4. The normalized spacial score (nSPS) is 12.8. The molecule has 0 saturated heterocycles. The van der Waals surface area contributed by atoms with E-state index in [2.05, 4.69) is 27.3 Å². The third kappa shape index (κ3) is 5.65. The fourth-order valence-corrected chi connectivity index (χ4v) is 5.55. The molecule has 2 amide bonds. The van der Waals surface area contributed by atoms with Gasteiger partial charge in [0, 0.05) is 48.8 Å². The Morgan fingerprint density at radius 3 is 2.24 bits per heavy atom. The summed E-state index contributed by atoms with van der Waals surface area (Å²) < 4.78 is 0.